The van der Waals surface area contributed by atoms with Gasteiger partial charge in [-0.05, 0) is 55.3 Å². The number of rotatable bonds is 7. The van der Waals surface area contributed by atoms with E-state index in [-0.39, 0.29) is 17.8 Å². The molecule has 3 aromatic rings. The molecule has 0 radical (unpaired) electrons. The van der Waals surface area contributed by atoms with E-state index in [1.165, 1.54) is 23.9 Å². The Kier molecular flexibility index (Phi) is 6.41. The van der Waals surface area contributed by atoms with Crippen molar-refractivity contribution in [3.63, 3.8) is 0 Å². The highest BCUT2D eigenvalue weighted by molar-refractivity contribution is 8.00. The maximum absolute atomic E-state index is 13.2. The fraction of sp³-hybridized carbons (Fsp3) is 0.318. The minimum atomic E-state index is -0.505. The third-order valence-corrected chi connectivity index (χ3v) is 6.11. The number of benzene rings is 2. The van der Waals surface area contributed by atoms with Gasteiger partial charge in [-0.2, -0.15) is 0 Å². The van der Waals surface area contributed by atoms with Gasteiger partial charge in [-0.15, -0.1) is 10.2 Å². The lowest BCUT2D eigenvalue weighted by molar-refractivity contribution is -0.116. The molecule has 0 saturated heterocycles. The Labute approximate surface area is 184 Å². The number of ether oxygens (including phenoxy) is 1. The average Bonchev–Trinajstić information content (AvgIpc) is 3.17. The molecule has 2 aromatic carbocycles. The van der Waals surface area contributed by atoms with E-state index in [0.29, 0.717) is 17.5 Å². The number of aromatic nitrogens is 3. The summed E-state index contributed by atoms with van der Waals surface area (Å²) < 4.78 is 20.6. The van der Waals surface area contributed by atoms with Crippen molar-refractivity contribution in [1.82, 2.24) is 14.9 Å². The molecule has 0 bridgehead atoms. The first-order valence-corrected chi connectivity index (χ1v) is 11.1. The zero-order chi connectivity index (χ0) is 21.8. The van der Waals surface area contributed by atoms with Gasteiger partial charge in [-0.25, -0.2) is 9.07 Å². The maximum atomic E-state index is 13.2. The predicted octanol–water partition coefficient (Wildman–Crippen LogP) is 4.17. The smallest absolute Gasteiger partial charge is 0.240 e. The van der Waals surface area contributed by atoms with E-state index in [4.69, 9.17) is 4.74 Å². The maximum Gasteiger partial charge on any atom is 0.240 e. The number of carbonyl (C=O) groups is 1. The van der Waals surface area contributed by atoms with Crippen LogP contribution in [-0.2, 0) is 11.2 Å². The average molecular weight is 442 g/mol. The van der Waals surface area contributed by atoms with Gasteiger partial charge in [0.15, 0.2) is 5.82 Å². The summed E-state index contributed by atoms with van der Waals surface area (Å²) in [6.07, 6.45) is 1.72. The van der Waals surface area contributed by atoms with Gasteiger partial charge in [0.1, 0.15) is 16.8 Å². The number of fused-ring (bicyclic) bond motifs is 1. The number of anilines is 1. The molecule has 9 heteroatoms. The SMILES string of the molecule is CCCc1nnc2n1N[C@H](c1ccc(OCC)cc1)[C@@H](C(=O)Nc1ccc(F)cc1)S2. The zero-order valence-corrected chi connectivity index (χ0v) is 18.2. The van der Waals surface area contributed by atoms with Crippen LogP contribution >= 0.6 is 11.8 Å². The van der Waals surface area contributed by atoms with Gasteiger partial charge in [0.2, 0.25) is 11.1 Å². The summed E-state index contributed by atoms with van der Waals surface area (Å²) in [6, 6.07) is 13.1. The normalized spacial score (nSPS) is 17.5. The summed E-state index contributed by atoms with van der Waals surface area (Å²) in [7, 11) is 0. The Hall–Kier alpha value is -3.07. The molecule has 1 amide bonds. The number of hydrogen-bond acceptors (Lipinski definition) is 6. The largest absolute Gasteiger partial charge is 0.494 e. The molecular formula is C22H24FN5O2S. The Bertz CT molecular complexity index is 1040. The second kappa shape index (κ2) is 9.38. The first-order chi connectivity index (χ1) is 15.1. The standard InChI is InChI=1S/C22H24FN5O2S/c1-3-5-18-25-26-22-28(18)27-19(14-6-12-17(13-7-14)30-4-2)20(31-22)21(29)24-16-10-8-15(23)9-11-16/h6-13,19-20,27H,3-5H2,1-2H3,(H,24,29)/t19-,20+/m1/s1. The number of hydrogen-bond donors (Lipinski definition) is 2. The Morgan fingerprint density at radius 3 is 2.58 bits per heavy atom. The molecule has 2 heterocycles. The summed E-state index contributed by atoms with van der Waals surface area (Å²) in [4.78, 5) is 13.2. The second-order valence-electron chi connectivity index (χ2n) is 7.13. The Balaban J connectivity index is 1.64. The Morgan fingerprint density at radius 2 is 1.90 bits per heavy atom. The van der Waals surface area contributed by atoms with Gasteiger partial charge < -0.3 is 15.5 Å². The van der Waals surface area contributed by atoms with E-state index in [0.717, 1.165) is 30.0 Å². The minimum absolute atomic E-state index is 0.200. The van der Waals surface area contributed by atoms with Crippen LogP contribution < -0.4 is 15.5 Å². The third-order valence-electron chi connectivity index (χ3n) is 4.90. The van der Waals surface area contributed by atoms with Crippen LogP contribution in [0.4, 0.5) is 10.1 Å². The molecule has 1 aliphatic heterocycles. The third kappa shape index (κ3) is 4.66. The van der Waals surface area contributed by atoms with E-state index >= 15 is 0 Å². The van der Waals surface area contributed by atoms with E-state index in [1.807, 2.05) is 35.9 Å². The van der Waals surface area contributed by atoms with Crippen LogP contribution in [0.5, 0.6) is 5.75 Å². The van der Waals surface area contributed by atoms with Gasteiger partial charge >= 0.3 is 0 Å². The topological polar surface area (TPSA) is 81.1 Å². The van der Waals surface area contributed by atoms with Gasteiger partial charge in [0.25, 0.3) is 0 Å². The number of carbonyl (C=O) groups excluding carboxylic acids is 1. The first-order valence-electron chi connectivity index (χ1n) is 10.3. The zero-order valence-electron chi connectivity index (χ0n) is 17.3. The van der Waals surface area contributed by atoms with Crippen molar-refractivity contribution < 1.29 is 13.9 Å². The second-order valence-corrected chi connectivity index (χ2v) is 8.24. The predicted molar refractivity (Wildman–Crippen MR) is 118 cm³/mol. The van der Waals surface area contributed by atoms with Crippen LogP contribution in [0.25, 0.3) is 0 Å². The molecule has 1 aliphatic rings. The summed E-state index contributed by atoms with van der Waals surface area (Å²) >= 11 is 1.36. The van der Waals surface area contributed by atoms with Crippen LogP contribution in [0, 0.1) is 5.82 Å². The molecule has 1 aromatic heterocycles. The molecule has 7 nitrogen and oxygen atoms in total. The van der Waals surface area contributed by atoms with Crippen molar-refractivity contribution in [2.75, 3.05) is 17.3 Å². The highest BCUT2D eigenvalue weighted by atomic mass is 32.2. The van der Waals surface area contributed by atoms with Crippen molar-refractivity contribution in [1.29, 1.82) is 0 Å². The van der Waals surface area contributed by atoms with Gasteiger partial charge in [-0.3, -0.25) is 4.79 Å². The molecule has 162 valence electrons. The van der Waals surface area contributed by atoms with E-state index in [9.17, 15) is 9.18 Å². The number of halogens is 1. The molecule has 2 N–H and O–H groups in total. The van der Waals surface area contributed by atoms with Crippen molar-refractivity contribution in [3.8, 4) is 5.75 Å². The number of nitrogens with zero attached hydrogens (tertiary/aromatic N) is 3. The summed E-state index contributed by atoms with van der Waals surface area (Å²) in [5, 5.41) is 11.6. The van der Waals surface area contributed by atoms with Gasteiger partial charge in [-0.1, -0.05) is 30.8 Å². The lowest BCUT2D eigenvalue weighted by Crippen LogP contribution is -2.41. The highest BCUT2D eigenvalue weighted by Crippen LogP contribution is 2.38. The molecule has 31 heavy (non-hydrogen) atoms. The quantitative estimate of drug-likeness (QED) is 0.573. The van der Waals surface area contributed by atoms with Crippen LogP contribution in [0.2, 0.25) is 0 Å². The van der Waals surface area contributed by atoms with Gasteiger partial charge in [0, 0.05) is 12.1 Å². The Morgan fingerprint density at radius 1 is 1.16 bits per heavy atom. The number of amides is 1. The van der Waals surface area contributed by atoms with Crippen molar-refractivity contribution >= 4 is 23.4 Å². The van der Waals surface area contributed by atoms with E-state index in [1.54, 1.807) is 12.1 Å². The molecule has 0 fully saturated rings. The first kappa shape index (κ1) is 21.2. The lowest BCUT2D eigenvalue weighted by atomic mass is 10.0. The van der Waals surface area contributed by atoms with Gasteiger partial charge in [0.05, 0.1) is 12.6 Å². The molecule has 4 rings (SSSR count). The van der Waals surface area contributed by atoms with Crippen molar-refractivity contribution in [2.45, 2.75) is 43.1 Å². The molecule has 0 saturated carbocycles. The highest BCUT2D eigenvalue weighted by Gasteiger charge is 2.37. The number of nitrogens with one attached hydrogen (secondary N) is 2. The summed E-state index contributed by atoms with van der Waals surface area (Å²) in [6.45, 7) is 4.61. The fourth-order valence-electron chi connectivity index (χ4n) is 3.42. The number of thioether (sulfide) groups is 1. The van der Waals surface area contributed by atoms with Crippen molar-refractivity contribution in [2.24, 2.45) is 0 Å². The fourth-order valence-corrected chi connectivity index (χ4v) is 4.52. The molecule has 0 unspecified atom stereocenters. The minimum Gasteiger partial charge on any atom is -0.494 e. The van der Waals surface area contributed by atoms with Crippen LogP contribution in [-0.4, -0.2) is 32.6 Å². The monoisotopic (exact) mass is 441 g/mol. The van der Waals surface area contributed by atoms with Crippen LogP contribution in [0.15, 0.2) is 53.7 Å². The van der Waals surface area contributed by atoms with E-state index < -0.39 is 5.25 Å². The molecule has 0 spiro atoms. The van der Waals surface area contributed by atoms with Crippen LogP contribution in [0.3, 0.4) is 0 Å². The molecule has 0 aliphatic carbocycles. The lowest BCUT2D eigenvalue weighted by Gasteiger charge is -2.33. The summed E-state index contributed by atoms with van der Waals surface area (Å²) in [5.74, 6) is 1.06. The van der Waals surface area contributed by atoms with E-state index in [2.05, 4.69) is 27.9 Å². The van der Waals surface area contributed by atoms with Crippen LogP contribution in [0.1, 0.15) is 37.7 Å². The number of aryl methyl sites for hydroxylation is 1. The summed E-state index contributed by atoms with van der Waals surface area (Å²) in [5.41, 5.74) is 4.91. The van der Waals surface area contributed by atoms with Crippen molar-refractivity contribution in [3.05, 3.63) is 65.7 Å². The molecule has 2 atom stereocenters. The molecular weight excluding hydrogens is 417 g/mol.